The number of rotatable bonds is 4. The Morgan fingerprint density at radius 1 is 0.394 bits per heavy atom. The fourth-order valence-corrected chi connectivity index (χ4v) is 6.34. The molecule has 0 amide bonds. The normalized spacial score (nSPS) is 9.97. The first-order valence-corrected chi connectivity index (χ1v) is 21.9. The van der Waals surface area contributed by atoms with Crippen LogP contribution in [0.1, 0.15) is 0 Å². The molecule has 0 aliphatic carbocycles. The summed E-state index contributed by atoms with van der Waals surface area (Å²) in [7, 11) is 0. The molecule has 5 aromatic carbocycles. The van der Waals surface area contributed by atoms with Crippen LogP contribution in [-0.4, -0.2) is 95.8 Å². The summed E-state index contributed by atoms with van der Waals surface area (Å²) in [6, 6.07) is 55.5. The van der Waals surface area contributed by atoms with Crippen molar-refractivity contribution < 1.29 is 0 Å². The number of benzene rings is 5. The Bertz CT molecular complexity index is 3000. The van der Waals surface area contributed by atoms with Crippen LogP contribution in [-0.2, 0) is 0 Å². The van der Waals surface area contributed by atoms with Crippen molar-refractivity contribution in [3.8, 4) is 45.4 Å². The van der Waals surface area contributed by atoms with Gasteiger partial charge in [-0.05, 0) is 64.7 Å². The van der Waals surface area contributed by atoms with Gasteiger partial charge in [-0.2, -0.15) is 15.4 Å². The summed E-state index contributed by atoms with van der Waals surface area (Å²) >= 11 is 0. The van der Waals surface area contributed by atoms with Gasteiger partial charge in [0.25, 0.3) is 0 Å². The lowest BCUT2D eigenvalue weighted by Crippen LogP contribution is -1.80. The van der Waals surface area contributed by atoms with Crippen LogP contribution in [0.4, 0.5) is 0 Å². The number of aromatic nitrogens is 19. The van der Waals surface area contributed by atoms with Crippen LogP contribution < -0.4 is 0 Å². The number of hydrogen-bond acceptors (Lipinski definition) is 12. The third kappa shape index (κ3) is 14.5. The lowest BCUT2D eigenvalue weighted by molar-refractivity contribution is 0.881. The zero-order valence-electron chi connectivity index (χ0n) is 37.8. The topological polar surface area (TPSA) is 265 Å². The summed E-state index contributed by atoms with van der Waals surface area (Å²) in [4.78, 5) is 40.0. The quantitative estimate of drug-likeness (QED) is 0.0869. The van der Waals surface area contributed by atoms with Gasteiger partial charge in [-0.3, -0.25) is 15.2 Å². The highest BCUT2D eigenvalue weighted by Gasteiger charge is 2.00. The monoisotopic (exact) mass is 935 g/mol. The smallest absolute Gasteiger partial charge is 0.204 e. The lowest BCUT2D eigenvalue weighted by Gasteiger charge is -1.93. The maximum absolute atomic E-state index is 4.06. The Balaban J connectivity index is 0.000000111. The second-order valence-corrected chi connectivity index (χ2v) is 14.5. The molecule has 0 aliphatic heterocycles. The molecule has 0 saturated heterocycles. The minimum Gasteiger partial charge on any atom is -0.361 e. The number of imidazole rings is 3. The molecule has 14 rings (SSSR count). The van der Waals surface area contributed by atoms with E-state index in [0.717, 1.165) is 56.2 Å². The summed E-state index contributed by atoms with van der Waals surface area (Å²) < 4.78 is 0. The molecule has 19 nitrogen and oxygen atoms in total. The summed E-state index contributed by atoms with van der Waals surface area (Å²) in [5.74, 6) is 2.19. The van der Waals surface area contributed by atoms with Crippen molar-refractivity contribution in [2.24, 2.45) is 0 Å². The van der Waals surface area contributed by atoms with E-state index in [1.165, 1.54) is 29.1 Å². The Morgan fingerprint density at radius 2 is 1.01 bits per heavy atom. The summed E-state index contributed by atoms with van der Waals surface area (Å²) in [6.07, 6.45) is 16.9. The summed E-state index contributed by atoms with van der Waals surface area (Å²) in [5, 5.41) is 27.9. The number of hydrogen-bond donors (Lipinski definition) is 7. The fourth-order valence-electron chi connectivity index (χ4n) is 6.34. The van der Waals surface area contributed by atoms with Crippen LogP contribution >= 0.6 is 0 Å². The van der Waals surface area contributed by atoms with Crippen molar-refractivity contribution in [2.75, 3.05) is 0 Å². The zero-order valence-corrected chi connectivity index (χ0v) is 37.8. The van der Waals surface area contributed by atoms with Gasteiger partial charge >= 0.3 is 0 Å². The largest absolute Gasteiger partial charge is 0.361 e. The minimum atomic E-state index is 0.630. The van der Waals surface area contributed by atoms with Crippen LogP contribution in [0.25, 0.3) is 78.5 Å². The number of tetrazole rings is 1. The molecule has 14 aromatic rings. The van der Waals surface area contributed by atoms with E-state index >= 15 is 0 Å². The first-order valence-electron chi connectivity index (χ1n) is 21.9. The Kier molecular flexibility index (Phi) is 17.2. The standard InChI is InChI=1S/C9H8N2.C8H7N3.C8H7N.2C7H6N4.C7H6N2.C6H5N3/c1-2-4-8(5-3-1)9-6-10-7-11-9;1-2-4-7(5-3-1)8-9-6-10-11-8;1-2-4-8-7(3-1)5-6-9-8;1-2-6(4-8-3-1)7-9-5-10-11-7;1-2-4-6(5-3-1)7-8-10-11-9-7;1-2-4-7-6(3-1)8-5-9-7;1-2-5-6(7-3-1)9-4-8-5/h1-7H,(H,10,11);1-6H,(H,9,10,11);1-6,9H;1-5H,(H,9,10,11);1-5H,(H,8,9,10,11);1-5H,(H,8,9);1-4H,(H,7,8,9). The van der Waals surface area contributed by atoms with Crippen LogP contribution in [0, 0.1) is 0 Å². The zero-order chi connectivity index (χ0) is 48.4. The molecular weight excluding hydrogens is 891 g/mol. The van der Waals surface area contributed by atoms with Crippen LogP contribution in [0.2, 0.25) is 0 Å². The molecule has 0 bridgehead atoms. The molecule has 9 aromatic heterocycles. The average Bonchev–Trinajstić information content (AvgIpc) is 4.31. The Labute approximate surface area is 405 Å². The maximum atomic E-state index is 4.06. The van der Waals surface area contributed by atoms with Gasteiger partial charge in [0, 0.05) is 47.0 Å². The van der Waals surface area contributed by atoms with Crippen molar-refractivity contribution in [2.45, 2.75) is 0 Å². The predicted octanol–water partition coefficient (Wildman–Crippen LogP) is 9.97. The number of aromatic amines is 7. The SMILES string of the molecule is c1ccc(-c2cnc[nH]2)cc1.c1ccc(-c2ncn[nH]2)cc1.c1ccc(-c2nn[nH]n2)cc1.c1ccc2[nH]ccc2c1.c1ccc2[nH]cnc2c1.c1cnc2nc[nH]c2c1.c1cncc(-c2ncn[nH]2)c1. The van der Waals surface area contributed by atoms with E-state index in [9.17, 15) is 0 Å². The number of pyridine rings is 2. The molecule has 0 atom stereocenters. The van der Waals surface area contributed by atoms with E-state index < -0.39 is 0 Å². The van der Waals surface area contributed by atoms with Crippen molar-refractivity contribution >= 4 is 33.1 Å². The Morgan fingerprint density at radius 3 is 1.65 bits per heavy atom. The molecule has 0 radical (unpaired) electrons. The van der Waals surface area contributed by atoms with Crippen molar-refractivity contribution in [3.05, 3.63) is 232 Å². The molecule has 0 saturated carbocycles. The molecule has 7 N–H and O–H groups in total. The predicted molar refractivity (Wildman–Crippen MR) is 273 cm³/mol. The number of H-pyrrole nitrogens is 7. The second-order valence-electron chi connectivity index (χ2n) is 14.5. The van der Waals surface area contributed by atoms with Gasteiger partial charge in [-0.1, -0.05) is 121 Å². The van der Waals surface area contributed by atoms with E-state index in [1.807, 2.05) is 164 Å². The summed E-state index contributed by atoms with van der Waals surface area (Å²) in [5.41, 5.74) is 10.3. The number of fused-ring (bicyclic) bond motifs is 3. The number of para-hydroxylation sites is 3. The third-order valence-electron chi connectivity index (χ3n) is 9.76. The van der Waals surface area contributed by atoms with Gasteiger partial charge in [0.1, 0.15) is 12.7 Å². The first-order chi connectivity index (χ1) is 35.3. The van der Waals surface area contributed by atoms with E-state index in [4.69, 9.17) is 0 Å². The van der Waals surface area contributed by atoms with Gasteiger partial charge in [0.05, 0.1) is 47.4 Å². The molecule has 0 fully saturated rings. The fraction of sp³-hybridized carbons (Fsp3) is 0. The molecule has 71 heavy (non-hydrogen) atoms. The molecular formula is C52H45N19. The highest BCUT2D eigenvalue weighted by atomic mass is 15.5. The molecule has 19 heteroatoms. The van der Waals surface area contributed by atoms with Crippen molar-refractivity contribution in [1.29, 1.82) is 0 Å². The molecule has 0 spiro atoms. The molecule has 0 aliphatic rings. The number of nitrogens with zero attached hydrogens (tertiary/aromatic N) is 12. The molecule has 348 valence electrons. The second kappa shape index (κ2) is 26.0. The third-order valence-corrected chi connectivity index (χ3v) is 9.76. The van der Waals surface area contributed by atoms with Gasteiger partial charge in [-0.15, -0.1) is 10.2 Å². The molecule has 0 unspecified atom stereocenters. The highest BCUT2D eigenvalue weighted by Crippen LogP contribution is 2.15. The number of nitrogens with one attached hydrogen (secondary N) is 7. The first kappa shape index (κ1) is 47.0. The van der Waals surface area contributed by atoms with Gasteiger partial charge in [-0.25, -0.2) is 29.9 Å². The van der Waals surface area contributed by atoms with Crippen molar-refractivity contribution in [3.63, 3.8) is 0 Å². The minimum absolute atomic E-state index is 0.630. The van der Waals surface area contributed by atoms with E-state index in [0.29, 0.717) is 5.82 Å². The van der Waals surface area contributed by atoms with Gasteiger partial charge in [0.2, 0.25) is 5.82 Å². The van der Waals surface area contributed by atoms with Gasteiger partial charge < -0.3 is 19.9 Å². The van der Waals surface area contributed by atoms with E-state index in [1.54, 1.807) is 37.6 Å². The van der Waals surface area contributed by atoms with E-state index in [2.05, 4.69) is 114 Å². The summed E-state index contributed by atoms with van der Waals surface area (Å²) in [6.45, 7) is 0. The van der Waals surface area contributed by atoms with Crippen LogP contribution in [0.3, 0.4) is 0 Å². The molecule has 9 heterocycles. The van der Waals surface area contributed by atoms with Crippen molar-refractivity contribution in [1.82, 2.24) is 95.8 Å². The van der Waals surface area contributed by atoms with E-state index in [-0.39, 0.29) is 0 Å². The van der Waals surface area contributed by atoms with Crippen LogP contribution in [0.5, 0.6) is 0 Å². The Hall–Kier alpha value is -10.6. The van der Waals surface area contributed by atoms with Gasteiger partial charge in [0.15, 0.2) is 17.3 Å². The lowest BCUT2D eigenvalue weighted by atomic mass is 10.2. The van der Waals surface area contributed by atoms with Crippen LogP contribution in [0.15, 0.2) is 232 Å². The highest BCUT2D eigenvalue weighted by molar-refractivity contribution is 5.78. The maximum Gasteiger partial charge on any atom is 0.204 e. The average molecular weight is 936 g/mol.